The number of benzene rings is 1. The summed E-state index contributed by atoms with van der Waals surface area (Å²) in [5.41, 5.74) is 4.41. The zero-order valence-corrected chi connectivity index (χ0v) is 18.5. The Hall–Kier alpha value is -3.29. The molecule has 0 fully saturated rings. The maximum Gasteiger partial charge on any atom is 0.254 e. The van der Waals surface area contributed by atoms with E-state index in [0.717, 1.165) is 29.0 Å². The van der Waals surface area contributed by atoms with Gasteiger partial charge in [-0.1, -0.05) is 0 Å². The molecule has 31 heavy (non-hydrogen) atoms. The van der Waals surface area contributed by atoms with Crippen molar-refractivity contribution in [2.24, 2.45) is 0 Å². The zero-order chi connectivity index (χ0) is 22.0. The van der Waals surface area contributed by atoms with Crippen molar-refractivity contribution in [1.82, 2.24) is 19.5 Å². The lowest BCUT2D eigenvalue weighted by molar-refractivity contribution is 0.0731. The van der Waals surface area contributed by atoms with Crippen LogP contribution in [-0.2, 0) is 13.0 Å². The monoisotopic (exact) mass is 424 g/mol. The van der Waals surface area contributed by atoms with E-state index in [9.17, 15) is 4.79 Å². The highest BCUT2D eigenvalue weighted by Crippen LogP contribution is 2.39. The molecule has 0 saturated carbocycles. The first-order chi connectivity index (χ1) is 15.0. The van der Waals surface area contributed by atoms with Crippen molar-refractivity contribution in [2.45, 2.75) is 40.7 Å². The molecule has 3 aromatic rings. The Kier molecular flexibility index (Phi) is 5.97. The van der Waals surface area contributed by atoms with E-state index < -0.39 is 0 Å². The molecule has 8 nitrogen and oxygen atoms in total. The molecule has 1 aliphatic heterocycles. The Morgan fingerprint density at radius 2 is 1.71 bits per heavy atom. The maximum atomic E-state index is 13.4. The lowest BCUT2D eigenvalue weighted by Gasteiger charge is -2.29. The van der Waals surface area contributed by atoms with Crippen LogP contribution in [0.25, 0.3) is 5.65 Å². The van der Waals surface area contributed by atoms with Crippen molar-refractivity contribution in [3.05, 3.63) is 46.9 Å². The Morgan fingerprint density at radius 1 is 1.03 bits per heavy atom. The number of carbonyl (C=O) groups is 1. The lowest BCUT2D eigenvalue weighted by atomic mass is 10.1. The van der Waals surface area contributed by atoms with Crippen molar-refractivity contribution < 1.29 is 19.0 Å². The summed E-state index contributed by atoms with van der Waals surface area (Å²) in [7, 11) is 0. The van der Waals surface area contributed by atoms with Gasteiger partial charge in [0.05, 0.1) is 31.2 Å². The van der Waals surface area contributed by atoms with E-state index in [2.05, 4.69) is 10.1 Å². The van der Waals surface area contributed by atoms with Crippen LogP contribution in [0.3, 0.4) is 0 Å². The minimum atomic E-state index is -0.0765. The standard InChI is InChI=1S/C23H28N4O4/c1-5-29-19-11-16(12-20(30-6-2)22(19)31-7-3)23(28)26-9-8-18-17(14-26)13-24-21-10-15(4)25-27(18)21/h10-13H,5-9,14H2,1-4H3. The van der Waals surface area contributed by atoms with Gasteiger partial charge in [-0.25, -0.2) is 9.50 Å². The van der Waals surface area contributed by atoms with E-state index in [0.29, 0.717) is 55.7 Å². The first-order valence-corrected chi connectivity index (χ1v) is 10.7. The number of amides is 1. The van der Waals surface area contributed by atoms with Crippen LogP contribution in [0.2, 0.25) is 0 Å². The highest BCUT2D eigenvalue weighted by Gasteiger charge is 2.26. The Labute approximate surface area is 181 Å². The topological polar surface area (TPSA) is 78.2 Å². The Balaban J connectivity index is 1.65. The number of carbonyl (C=O) groups excluding carboxylic acids is 1. The third-order valence-corrected chi connectivity index (χ3v) is 5.21. The second-order valence-electron chi connectivity index (χ2n) is 7.36. The van der Waals surface area contributed by atoms with E-state index in [4.69, 9.17) is 14.2 Å². The van der Waals surface area contributed by atoms with E-state index in [1.54, 1.807) is 12.1 Å². The van der Waals surface area contributed by atoms with E-state index >= 15 is 0 Å². The minimum Gasteiger partial charge on any atom is -0.490 e. The van der Waals surface area contributed by atoms with Crippen LogP contribution in [0.5, 0.6) is 17.2 Å². The molecule has 1 aliphatic rings. The summed E-state index contributed by atoms with van der Waals surface area (Å²) >= 11 is 0. The van der Waals surface area contributed by atoms with Gasteiger partial charge in [-0.3, -0.25) is 4.79 Å². The molecule has 0 spiro atoms. The van der Waals surface area contributed by atoms with E-state index in [-0.39, 0.29) is 5.91 Å². The summed E-state index contributed by atoms with van der Waals surface area (Å²) in [5.74, 6) is 1.50. The summed E-state index contributed by atoms with van der Waals surface area (Å²) in [4.78, 5) is 19.7. The summed E-state index contributed by atoms with van der Waals surface area (Å²) in [6, 6.07) is 5.45. The Bertz CT molecular complexity index is 1080. The number of aryl methyl sites for hydroxylation is 1. The first kappa shape index (κ1) is 21.0. The molecule has 0 aliphatic carbocycles. The van der Waals surface area contributed by atoms with E-state index in [1.165, 1.54) is 0 Å². The fraction of sp³-hybridized carbons (Fsp3) is 0.435. The molecule has 3 heterocycles. The van der Waals surface area contributed by atoms with Crippen molar-refractivity contribution in [3.8, 4) is 17.2 Å². The molecule has 164 valence electrons. The van der Waals surface area contributed by atoms with Gasteiger partial charge in [0.25, 0.3) is 5.91 Å². The van der Waals surface area contributed by atoms with Gasteiger partial charge in [0.2, 0.25) is 5.75 Å². The predicted molar refractivity (Wildman–Crippen MR) is 116 cm³/mol. The second kappa shape index (κ2) is 8.83. The van der Waals surface area contributed by atoms with Crippen LogP contribution in [0, 0.1) is 6.92 Å². The fourth-order valence-electron chi connectivity index (χ4n) is 3.92. The number of hydrogen-bond acceptors (Lipinski definition) is 6. The molecule has 1 aromatic carbocycles. The fourth-order valence-corrected chi connectivity index (χ4v) is 3.92. The number of aromatic nitrogens is 3. The summed E-state index contributed by atoms with van der Waals surface area (Å²) < 4.78 is 19.2. The molecule has 0 atom stereocenters. The van der Waals surface area contributed by atoms with Crippen LogP contribution in [0.15, 0.2) is 24.4 Å². The number of rotatable bonds is 7. The van der Waals surface area contributed by atoms with Crippen LogP contribution < -0.4 is 14.2 Å². The van der Waals surface area contributed by atoms with Gasteiger partial charge < -0.3 is 19.1 Å². The molecule has 1 amide bonds. The van der Waals surface area contributed by atoms with Crippen LogP contribution in [0.4, 0.5) is 0 Å². The third-order valence-electron chi connectivity index (χ3n) is 5.21. The van der Waals surface area contributed by atoms with Crippen molar-refractivity contribution >= 4 is 11.6 Å². The molecule has 4 rings (SSSR count). The van der Waals surface area contributed by atoms with Gasteiger partial charge in [0.15, 0.2) is 17.1 Å². The van der Waals surface area contributed by atoms with Gasteiger partial charge in [0, 0.05) is 42.9 Å². The first-order valence-electron chi connectivity index (χ1n) is 10.7. The number of nitrogens with zero attached hydrogens (tertiary/aromatic N) is 4. The average molecular weight is 425 g/mol. The normalized spacial score (nSPS) is 13.2. The molecule has 0 bridgehead atoms. The molecular formula is C23H28N4O4. The predicted octanol–water partition coefficient (Wildman–Crippen LogP) is 3.43. The lowest BCUT2D eigenvalue weighted by Crippen LogP contribution is -2.37. The second-order valence-corrected chi connectivity index (χ2v) is 7.36. The van der Waals surface area contributed by atoms with Crippen LogP contribution in [-0.4, -0.2) is 51.8 Å². The van der Waals surface area contributed by atoms with Crippen molar-refractivity contribution in [2.75, 3.05) is 26.4 Å². The van der Waals surface area contributed by atoms with Gasteiger partial charge >= 0.3 is 0 Å². The number of hydrogen-bond donors (Lipinski definition) is 0. The van der Waals surface area contributed by atoms with Gasteiger partial charge in [-0.05, 0) is 39.8 Å². The third kappa shape index (κ3) is 4.02. The maximum absolute atomic E-state index is 13.4. The van der Waals surface area contributed by atoms with Crippen molar-refractivity contribution in [1.29, 1.82) is 0 Å². The molecule has 8 heteroatoms. The molecule has 0 saturated heterocycles. The Morgan fingerprint density at radius 3 is 2.35 bits per heavy atom. The molecule has 2 aromatic heterocycles. The van der Waals surface area contributed by atoms with E-state index in [1.807, 2.05) is 49.4 Å². The molecule has 0 N–H and O–H groups in total. The smallest absolute Gasteiger partial charge is 0.254 e. The van der Waals surface area contributed by atoms with Crippen LogP contribution >= 0.6 is 0 Å². The van der Waals surface area contributed by atoms with Gasteiger partial charge in [-0.15, -0.1) is 0 Å². The summed E-state index contributed by atoms with van der Waals surface area (Å²) in [6.07, 6.45) is 2.57. The minimum absolute atomic E-state index is 0.0765. The number of ether oxygens (including phenoxy) is 3. The summed E-state index contributed by atoms with van der Waals surface area (Å²) in [5, 5.41) is 4.55. The summed E-state index contributed by atoms with van der Waals surface area (Å²) in [6.45, 7) is 10.1. The average Bonchev–Trinajstić information content (AvgIpc) is 3.16. The SMILES string of the molecule is CCOc1cc(C(=O)N2CCc3c(cnc4cc(C)nn34)C2)cc(OCC)c1OCC. The number of fused-ring (bicyclic) bond motifs is 3. The highest BCUT2D eigenvalue weighted by atomic mass is 16.5. The highest BCUT2D eigenvalue weighted by molar-refractivity contribution is 5.95. The largest absolute Gasteiger partial charge is 0.490 e. The molecular weight excluding hydrogens is 396 g/mol. The van der Waals surface area contributed by atoms with Gasteiger partial charge in [-0.2, -0.15) is 5.10 Å². The van der Waals surface area contributed by atoms with Crippen LogP contribution in [0.1, 0.15) is 48.1 Å². The molecule has 0 unspecified atom stereocenters. The van der Waals surface area contributed by atoms with Crippen molar-refractivity contribution in [3.63, 3.8) is 0 Å². The van der Waals surface area contributed by atoms with Gasteiger partial charge in [0.1, 0.15) is 0 Å². The quantitative estimate of drug-likeness (QED) is 0.578. The zero-order valence-electron chi connectivity index (χ0n) is 18.5. The molecule has 0 radical (unpaired) electrons.